The number of halogens is 1. The van der Waals surface area contributed by atoms with Crippen LogP contribution in [0, 0.1) is 0 Å². The molecular formula is C15H20BrN3O. The first-order valence-corrected chi connectivity index (χ1v) is 7.49. The third-order valence-corrected chi connectivity index (χ3v) is 3.99. The zero-order valence-electron chi connectivity index (χ0n) is 12.1. The average molecular weight is 338 g/mol. The second kappa shape index (κ2) is 6.90. The largest absolute Gasteiger partial charge is 0.496 e. The Morgan fingerprint density at radius 1 is 1.45 bits per heavy atom. The lowest BCUT2D eigenvalue weighted by molar-refractivity contribution is 0.412. The SMILES string of the molecule is CCC(NC)c1cnn(Cc2ccc(OC)c(Br)c2)c1. The van der Waals surface area contributed by atoms with Gasteiger partial charge < -0.3 is 10.1 Å². The lowest BCUT2D eigenvalue weighted by Crippen LogP contribution is -2.14. The number of hydrogen-bond donors (Lipinski definition) is 1. The summed E-state index contributed by atoms with van der Waals surface area (Å²) in [6.45, 7) is 2.92. The Morgan fingerprint density at radius 3 is 2.85 bits per heavy atom. The summed E-state index contributed by atoms with van der Waals surface area (Å²) in [4.78, 5) is 0. The molecule has 1 unspecified atom stereocenters. The van der Waals surface area contributed by atoms with E-state index in [0.717, 1.165) is 23.2 Å². The molecule has 1 aromatic heterocycles. The highest BCUT2D eigenvalue weighted by molar-refractivity contribution is 9.10. The Balaban J connectivity index is 2.12. The van der Waals surface area contributed by atoms with Crippen LogP contribution in [0.1, 0.15) is 30.5 Å². The highest BCUT2D eigenvalue weighted by atomic mass is 79.9. The number of aromatic nitrogens is 2. The minimum atomic E-state index is 0.367. The summed E-state index contributed by atoms with van der Waals surface area (Å²) in [5.41, 5.74) is 2.41. The van der Waals surface area contributed by atoms with Crippen LogP contribution < -0.4 is 10.1 Å². The summed E-state index contributed by atoms with van der Waals surface area (Å²) in [5.74, 6) is 0.844. The summed E-state index contributed by atoms with van der Waals surface area (Å²) in [6, 6.07) is 6.45. The summed E-state index contributed by atoms with van der Waals surface area (Å²) < 4.78 is 8.16. The van der Waals surface area contributed by atoms with Crippen molar-refractivity contribution in [1.82, 2.24) is 15.1 Å². The van der Waals surface area contributed by atoms with Gasteiger partial charge in [0.25, 0.3) is 0 Å². The molecule has 0 aliphatic carbocycles. The van der Waals surface area contributed by atoms with Crippen LogP contribution in [-0.2, 0) is 6.54 Å². The lowest BCUT2D eigenvalue weighted by Gasteiger charge is -2.10. The molecule has 0 amide bonds. The van der Waals surface area contributed by atoms with Crippen molar-refractivity contribution in [3.8, 4) is 5.75 Å². The fourth-order valence-electron chi connectivity index (χ4n) is 2.25. The maximum absolute atomic E-state index is 5.24. The molecule has 0 aliphatic heterocycles. The molecule has 0 spiro atoms. The topological polar surface area (TPSA) is 39.1 Å². The Hall–Kier alpha value is -1.33. The first-order chi connectivity index (χ1) is 9.67. The van der Waals surface area contributed by atoms with Crippen LogP contribution in [0.15, 0.2) is 35.1 Å². The Morgan fingerprint density at radius 2 is 2.25 bits per heavy atom. The predicted molar refractivity (Wildman–Crippen MR) is 84.1 cm³/mol. The molecule has 1 atom stereocenters. The van der Waals surface area contributed by atoms with Crippen LogP contribution in [0.3, 0.4) is 0 Å². The highest BCUT2D eigenvalue weighted by Gasteiger charge is 2.09. The van der Waals surface area contributed by atoms with E-state index in [1.807, 2.05) is 24.0 Å². The van der Waals surface area contributed by atoms with Gasteiger partial charge in [-0.15, -0.1) is 0 Å². The van der Waals surface area contributed by atoms with Gasteiger partial charge in [0.05, 0.1) is 24.3 Å². The van der Waals surface area contributed by atoms with Gasteiger partial charge in [-0.05, 0) is 47.1 Å². The normalized spacial score (nSPS) is 12.4. The second-order valence-corrected chi connectivity index (χ2v) is 5.54. The number of hydrogen-bond acceptors (Lipinski definition) is 3. The Kier molecular flexibility index (Phi) is 5.20. The molecule has 20 heavy (non-hydrogen) atoms. The van der Waals surface area contributed by atoms with E-state index in [1.165, 1.54) is 11.1 Å². The van der Waals surface area contributed by atoms with Gasteiger partial charge in [-0.3, -0.25) is 4.68 Å². The van der Waals surface area contributed by atoms with Crippen LogP contribution in [0.5, 0.6) is 5.75 Å². The van der Waals surface area contributed by atoms with E-state index in [1.54, 1.807) is 7.11 Å². The quantitative estimate of drug-likeness (QED) is 0.878. The van der Waals surface area contributed by atoms with Crippen molar-refractivity contribution in [3.05, 3.63) is 46.2 Å². The summed E-state index contributed by atoms with van der Waals surface area (Å²) >= 11 is 3.51. The summed E-state index contributed by atoms with van der Waals surface area (Å²) in [5, 5.41) is 7.72. The van der Waals surface area contributed by atoms with E-state index in [4.69, 9.17) is 4.74 Å². The van der Waals surface area contributed by atoms with Gasteiger partial charge in [0, 0.05) is 17.8 Å². The fraction of sp³-hybridized carbons (Fsp3) is 0.400. The second-order valence-electron chi connectivity index (χ2n) is 4.69. The van der Waals surface area contributed by atoms with Crippen molar-refractivity contribution >= 4 is 15.9 Å². The van der Waals surface area contributed by atoms with E-state index < -0.39 is 0 Å². The maximum Gasteiger partial charge on any atom is 0.133 e. The molecule has 1 N–H and O–H groups in total. The zero-order valence-corrected chi connectivity index (χ0v) is 13.6. The first-order valence-electron chi connectivity index (χ1n) is 6.70. The van der Waals surface area contributed by atoms with Crippen LogP contribution in [0.25, 0.3) is 0 Å². The van der Waals surface area contributed by atoms with Crippen LogP contribution in [0.4, 0.5) is 0 Å². The maximum atomic E-state index is 5.24. The van der Waals surface area contributed by atoms with Gasteiger partial charge in [-0.25, -0.2) is 0 Å². The summed E-state index contributed by atoms with van der Waals surface area (Å²) in [7, 11) is 3.65. The zero-order chi connectivity index (χ0) is 14.5. The minimum absolute atomic E-state index is 0.367. The van der Waals surface area contributed by atoms with Crippen LogP contribution in [-0.4, -0.2) is 23.9 Å². The molecule has 2 aromatic rings. The number of methoxy groups -OCH3 is 1. The molecule has 0 aliphatic rings. The van der Waals surface area contributed by atoms with E-state index in [0.29, 0.717) is 6.04 Å². The van der Waals surface area contributed by atoms with E-state index in [9.17, 15) is 0 Å². The third-order valence-electron chi connectivity index (χ3n) is 3.37. The van der Waals surface area contributed by atoms with Crippen molar-refractivity contribution in [2.24, 2.45) is 0 Å². The van der Waals surface area contributed by atoms with Crippen LogP contribution in [0.2, 0.25) is 0 Å². The smallest absolute Gasteiger partial charge is 0.133 e. The van der Waals surface area contributed by atoms with Gasteiger partial charge in [0.15, 0.2) is 0 Å². The minimum Gasteiger partial charge on any atom is -0.496 e. The third kappa shape index (κ3) is 3.41. The highest BCUT2D eigenvalue weighted by Crippen LogP contribution is 2.26. The van der Waals surface area contributed by atoms with E-state index >= 15 is 0 Å². The van der Waals surface area contributed by atoms with Gasteiger partial charge >= 0.3 is 0 Å². The Labute approximate surface area is 128 Å². The van der Waals surface area contributed by atoms with E-state index in [-0.39, 0.29) is 0 Å². The molecule has 0 fully saturated rings. The van der Waals surface area contributed by atoms with Crippen molar-refractivity contribution in [3.63, 3.8) is 0 Å². The van der Waals surface area contributed by atoms with Gasteiger partial charge in [-0.2, -0.15) is 5.10 Å². The predicted octanol–water partition coefficient (Wildman–Crippen LogP) is 3.37. The van der Waals surface area contributed by atoms with Crippen LogP contribution >= 0.6 is 15.9 Å². The molecule has 0 saturated heterocycles. The number of benzene rings is 1. The molecule has 0 bridgehead atoms. The molecule has 1 heterocycles. The standard InChI is InChI=1S/C15H20BrN3O/c1-4-14(17-2)12-8-18-19(10-12)9-11-5-6-15(20-3)13(16)7-11/h5-8,10,14,17H,4,9H2,1-3H3. The number of rotatable bonds is 6. The molecule has 0 saturated carbocycles. The number of nitrogens with one attached hydrogen (secondary N) is 1. The monoisotopic (exact) mass is 337 g/mol. The molecular weight excluding hydrogens is 318 g/mol. The van der Waals surface area contributed by atoms with Crippen molar-refractivity contribution in [1.29, 1.82) is 0 Å². The summed E-state index contributed by atoms with van der Waals surface area (Å²) in [6.07, 6.45) is 5.09. The number of nitrogens with zero attached hydrogens (tertiary/aromatic N) is 2. The molecule has 0 radical (unpaired) electrons. The Bertz CT molecular complexity index is 564. The van der Waals surface area contributed by atoms with Gasteiger partial charge in [0.2, 0.25) is 0 Å². The average Bonchev–Trinajstić information content (AvgIpc) is 2.89. The van der Waals surface area contributed by atoms with Gasteiger partial charge in [0.1, 0.15) is 5.75 Å². The van der Waals surface area contributed by atoms with Gasteiger partial charge in [-0.1, -0.05) is 13.0 Å². The van der Waals surface area contributed by atoms with Crippen molar-refractivity contribution in [2.45, 2.75) is 25.9 Å². The molecule has 2 rings (SSSR count). The fourth-order valence-corrected chi connectivity index (χ4v) is 2.84. The first kappa shape index (κ1) is 15.1. The van der Waals surface area contributed by atoms with Crippen molar-refractivity contribution in [2.75, 3.05) is 14.2 Å². The van der Waals surface area contributed by atoms with E-state index in [2.05, 4.69) is 51.6 Å². The molecule has 108 valence electrons. The molecule has 5 heteroatoms. The number of ether oxygens (including phenoxy) is 1. The molecule has 4 nitrogen and oxygen atoms in total. The lowest BCUT2D eigenvalue weighted by atomic mass is 10.1. The van der Waals surface area contributed by atoms with Crippen molar-refractivity contribution < 1.29 is 4.74 Å². The molecule has 1 aromatic carbocycles.